The van der Waals surface area contributed by atoms with E-state index in [1.807, 2.05) is 6.92 Å². The summed E-state index contributed by atoms with van der Waals surface area (Å²) in [6.07, 6.45) is 1.56. The van der Waals surface area contributed by atoms with Crippen molar-refractivity contribution >= 4 is 10.0 Å². The maximum absolute atomic E-state index is 12.5. The number of aromatic nitrogens is 3. The van der Waals surface area contributed by atoms with Crippen molar-refractivity contribution in [1.82, 2.24) is 19.6 Å². The van der Waals surface area contributed by atoms with Crippen molar-refractivity contribution in [3.8, 4) is 0 Å². The first kappa shape index (κ1) is 15.6. The molecule has 0 aliphatic rings. The summed E-state index contributed by atoms with van der Waals surface area (Å²) in [5, 5.41) is 7.45. The molecule has 2 aromatic rings. The molecule has 8 nitrogen and oxygen atoms in total. The van der Waals surface area contributed by atoms with Crippen LogP contribution < -0.4 is 0 Å². The molecule has 21 heavy (non-hydrogen) atoms. The second-order valence-electron chi connectivity index (χ2n) is 4.77. The van der Waals surface area contributed by atoms with Crippen molar-refractivity contribution in [2.24, 2.45) is 0 Å². The molecule has 2 rings (SSSR count). The van der Waals surface area contributed by atoms with Crippen LogP contribution in [0.1, 0.15) is 36.5 Å². The fourth-order valence-electron chi connectivity index (χ4n) is 1.95. The summed E-state index contributed by atoms with van der Waals surface area (Å²) in [4.78, 5) is 4.24. The Morgan fingerprint density at radius 2 is 1.90 bits per heavy atom. The van der Waals surface area contributed by atoms with Crippen LogP contribution in [0.2, 0.25) is 0 Å². The SMILES string of the molecule is CCCc1nc(CN(C)S(=O)(=O)c2c(C)noc2C)no1. The van der Waals surface area contributed by atoms with Gasteiger partial charge >= 0.3 is 0 Å². The molecule has 0 fully saturated rings. The zero-order chi connectivity index (χ0) is 15.6. The Balaban J connectivity index is 2.20. The van der Waals surface area contributed by atoms with Gasteiger partial charge in [0.05, 0.1) is 6.54 Å². The fraction of sp³-hybridized carbons (Fsp3) is 0.583. The molecule has 0 bridgehead atoms. The van der Waals surface area contributed by atoms with Crippen molar-refractivity contribution in [3.63, 3.8) is 0 Å². The molecule has 0 aliphatic carbocycles. The standard InChI is InChI=1S/C12H18N4O4S/c1-5-6-11-13-10(15-20-11)7-16(4)21(17,18)12-8(2)14-19-9(12)3/h5-7H2,1-4H3. The van der Waals surface area contributed by atoms with Crippen molar-refractivity contribution in [2.75, 3.05) is 7.05 Å². The van der Waals surface area contributed by atoms with Gasteiger partial charge in [-0.15, -0.1) is 0 Å². The molecular weight excluding hydrogens is 296 g/mol. The third kappa shape index (κ3) is 3.13. The molecule has 0 amide bonds. The van der Waals surface area contributed by atoms with Gasteiger partial charge in [0, 0.05) is 13.5 Å². The zero-order valence-electron chi connectivity index (χ0n) is 12.5. The highest BCUT2D eigenvalue weighted by molar-refractivity contribution is 7.89. The van der Waals surface area contributed by atoms with Crippen LogP contribution in [0, 0.1) is 13.8 Å². The number of hydrogen-bond donors (Lipinski definition) is 0. The summed E-state index contributed by atoms with van der Waals surface area (Å²) < 4.78 is 36.1. The number of hydrogen-bond acceptors (Lipinski definition) is 7. The van der Waals surface area contributed by atoms with E-state index in [1.165, 1.54) is 7.05 Å². The minimum atomic E-state index is -3.70. The molecule has 0 aromatic carbocycles. The topological polar surface area (TPSA) is 102 Å². The van der Waals surface area contributed by atoms with Crippen LogP contribution in [0.4, 0.5) is 0 Å². The highest BCUT2D eigenvalue weighted by atomic mass is 32.2. The largest absolute Gasteiger partial charge is 0.360 e. The van der Waals surface area contributed by atoms with Gasteiger partial charge in [-0.05, 0) is 20.3 Å². The molecule has 0 spiro atoms. The molecule has 0 aliphatic heterocycles. The lowest BCUT2D eigenvalue weighted by Crippen LogP contribution is -2.27. The van der Waals surface area contributed by atoms with E-state index in [1.54, 1.807) is 13.8 Å². The van der Waals surface area contributed by atoms with E-state index in [4.69, 9.17) is 9.05 Å². The molecule has 0 N–H and O–H groups in total. The van der Waals surface area contributed by atoms with E-state index in [0.717, 1.165) is 10.7 Å². The van der Waals surface area contributed by atoms with E-state index in [-0.39, 0.29) is 17.2 Å². The minimum Gasteiger partial charge on any atom is -0.360 e. The average molecular weight is 314 g/mol. The predicted molar refractivity (Wildman–Crippen MR) is 72.9 cm³/mol. The zero-order valence-corrected chi connectivity index (χ0v) is 13.3. The molecule has 0 atom stereocenters. The third-order valence-electron chi connectivity index (χ3n) is 2.97. The Hall–Kier alpha value is -1.74. The summed E-state index contributed by atoms with van der Waals surface area (Å²) in [5.74, 6) is 1.10. The van der Waals surface area contributed by atoms with Gasteiger partial charge in [0.1, 0.15) is 10.6 Å². The molecular formula is C12H18N4O4S. The Morgan fingerprint density at radius 1 is 1.19 bits per heavy atom. The first-order valence-corrected chi connectivity index (χ1v) is 8.01. The first-order valence-electron chi connectivity index (χ1n) is 6.57. The highest BCUT2D eigenvalue weighted by Crippen LogP contribution is 2.23. The molecule has 9 heteroatoms. The Morgan fingerprint density at radius 3 is 2.48 bits per heavy atom. The van der Waals surface area contributed by atoms with E-state index in [2.05, 4.69) is 15.3 Å². The third-order valence-corrected chi connectivity index (χ3v) is 5.02. The molecule has 0 radical (unpaired) electrons. The number of sulfonamides is 1. The first-order chi connectivity index (χ1) is 9.86. The maximum atomic E-state index is 12.5. The highest BCUT2D eigenvalue weighted by Gasteiger charge is 2.29. The summed E-state index contributed by atoms with van der Waals surface area (Å²) in [5.41, 5.74) is 0.333. The second kappa shape index (κ2) is 5.94. The fourth-order valence-corrected chi connectivity index (χ4v) is 3.36. The van der Waals surface area contributed by atoms with Crippen LogP contribution >= 0.6 is 0 Å². The lowest BCUT2D eigenvalue weighted by Gasteiger charge is -2.14. The second-order valence-corrected chi connectivity index (χ2v) is 6.75. The van der Waals surface area contributed by atoms with Gasteiger partial charge < -0.3 is 9.05 Å². The Labute approximate surface area is 123 Å². The van der Waals surface area contributed by atoms with Gasteiger partial charge in [-0.2, -0.15) is 9.29 Å². The summed E-state index contributed by atoms with van der Waals surface area (Å²) in [6.45, 7) is 5.18. The van der Waals surface area contributed by atoms with Gasteiger partial charge in [0.2, 0.25) is 15.9 Å². The van der Waals surface area contributed by atoms with Crippen LogP contribution in [-0.2, 0) is 23.0 Å². The lowest BCUT2D eigenvalue weighted by atomic mass is 10.3. The van der Waals surface area contributed by atoms with Crippen molar-refractivity contribution < 1.29 is 17.5 Å². The van der Waals surface area contributed by atoms with Gasteiger partial charge in [-0.3, -0.25) is 0 Å². The number of nitrogens with zero attached hydrogens (tertiary/aromatic N) is 4. The van der Waals surface area contributed by atoms with Crippen molar-refractivity contribution in [1.29, 1.82) is 0 Å². The molecule has 0 saturated carbocycles. The quantitative estimate of drug-likeness (QED) is 0.795. The lowest BCUT2D eigenvalue weighted by molar-refractivity contribution is 0.364. The molecule has 0 saturated heterocycles. The maximum Gasteiger partial charge on any atom is 0.248 e. The minimum absolute atomic E-state index is 0.0274. The predicted octanol–water partition coefficient (Wildman–Crippen LogP) is 1.45. The summed E-state index contributed by atoms with van der Waals surface area (Å²) >= 11 is 0. The summed E-state index contributed by atoms with van der Waals surface area (Å²) in [7, 11) is -2.25. The van der Waals surface area contributed by atoms with Crippen molar-refractivity contribution in [3.05, 3.63) is 23.2 Å². The smallest absolute Gasteiger partial charge is 0.248 e. The van der Waals surface area contributed by atoms with Gasteiger partial charge in [-0.25, -0.2) is 8.42 Å². The monoisotopic (exact) mass is 314 g/mol. The molecule has 0 unspecified atom stereocenters. The van der Waals surface area contributed by atoms with Gasteiger partial charge in [0.25, 0.3) is 0 Å². The summed E-state index contributed by atoms with van der Waals surface area (Å²) in [6, 6.07) is 0. The van der Waals surface area contributed by atoms with Crippen molar-refractivity contribution in [2.45, 2.75) is 45.1 Å². The van der Waals surface area contributed by atoms with Gasteiger partial charge in [0.15, 0.2) is 11.6 Å². The van der Waals surface area contributed by atoms with E-state index >= 15 is 0 Å². The van der Waals surface area contributed by atoms with E-state index < -0.39 is 10.0 Å². The van der Waals surface area contributed by atoms with E-state index in [9.17, 15) is 8.42 Å². The van der Waals surface area contributed by atoms with Gasteiger partial charge in [-0.1, -0.05) is 17.2 Å². The molecule has 2 heterocycles. The van der Waals surface area contributed by atoms with Crippen LogP contribution in [0.3, 0.4) is 0 Å². The van der Waals surface area contributed by atoms with Crippen LogP contribution in [0.5, 0.6) is 0 Å². The molecule has 116 valence electrons. The number of aryl methyl sites for hydroxylation is 3. The normalized spacial score (nSPS) is 12.2. The van der Waals surface area contributed by atoms with Crippen LogP contribution in [-0.4, -0.2) is 35.1 Å². The average Bonchev–Trinajstić information content (AvgIpc) is 2.97. The van der Waals surface area contributed by atoms with E-state index in [0.29, 0.717) is 23.8 Å². The van der Waals surface area contributed by atoms with Crippen LogP contribution in [0.25, 0.3) is 0 Å². The Kier molecular flexibility index (Phi) is 4.43. The van der Waals surface area contributed by atoms with Crippen LogP contribution in [0.15, 0.2) is 13.9 Å². The molecule has 2 aromatic heterocycles. The number of rotatable bonds is 6. The Bertz CT molecular complexity index is 700.